The van der Waals surface area contributed by atoms with Gasteiger partial charge in [-0.1, -0.05) is 13.3 Å². The summed E-state index contributed by atoms with van der Waals surface area (Å²) in [5.74, 6) is 0.0726. The monoisotopic (exact) mass is 159 g/mol. The summed E-state index contributed by atoms with van der Waals surface area (Å²) in [7, 11) is 0. The number of hydrogen-bond acceptors (Lipinski definition) is 2. The highest BCUT2D eigenvalue weighted by atomic mass is 16.5. The van der Waals surface area contributed by atoms with Crippen molar-refractivity contribution in [3.63, 3.8) is 0 Å². The summed E-state index contributed by atoms with van der Waals surface area (Å²) >= 11 is 0. The van der Waals surface area contributed by atoms with E-state index in [1.807, 2.05) is 19.3 Å². The first-order valence-corrected chi connectivity index (χ1v) is 3.77. The average molecular weight is 159 g/mol. The minimum absolute atomic E-state index is 0.0726. The number of hydrogen-bond donors (Lipinski definition) is 3. The van der Waals surface area contributed by atoms with Crippen LogP contribution in [0.2, 0.25) is 0 Å². The maximum atomic E-state index is 8.36. The van der Waals surface area contributed by atoms with Gasteiger partial charge in [0.1, 0.15) is 0 Å². The van der Waals surface area contributed by atoms with Gasteiger partial charge in [-0.2, -0.15) is 0 Å². The zero-order valence-electron chi connectivity index (χ0n) is 7.39. The SMILES string of the molecule is CCCC(C)(C)N=C(N)NO. The lowest BCUT2D eigenvalue weighted by molar-refractivity contribution is 0.230. The van der Waals surface area contributed by atoms with E-state index >= 15 is 0 Å². The highest BCUT2D eigenvalue weighted by Gasteiger charge is 2.14. The van der Waals surface area contributed by atoms with Gasteiger partial charge in [0.2, 0.25) is 5.96 Å². The predicted molar refractivity (Wildman–Crippen MR) is 45.5 cm³/mol. The second-order valence-corrected chi connectivity index (χ2v) is 3.17. The van der Waals surface area contributed by atoms with Crippen LogP contribution in [0.5, 0.6) is 0 Å². The smallest absolute Gasteiger partial charge is 0.213 e. The Morgan fingerprint density at radius 2 is 2.18 bits per heavy atom. The van der Waals surface area contributed by atoms with E-state index in [1.54, 1.807) is 0 Å². The van der Waals surface area contributed by atoms with Crippen LogP contribution in [-0.4, -0.2) is 16.7 Å². The number of rotatable bonds is 3. The van der Waals surface area contributed by atoms with Gasteiger partial charge in [-0.3, -0.25) is 5.21 Å². The van der Waals surface area contributed by atoms with Crippen LogP contribution in [0, 0.1) is 0 Å². The molecule has 0 spiro atoms. The Morgan fingerprint density at radius 3 is 2.55 bits per heavy atom. The fraction of sp³-hybridized carbons (Fsp3) is 0.857. The molecule has 0 bridgehead atoms. The second-order valence-electron chi connectivity index (χ2n) is 3.17. The van der Waals surface area contributed by atoms with Crippen LogP contribution >= 0.6 is 0 Å². The molecule has 0 aromatic carbocycles. The lowest BCUT2D eigenvalue weighted by atomic mass is 10.0. The van der Waals surface area contributed by atoms with Gasteiger partial charge in [0, 0.05) is 0 Å². The third-order valence-corrected chi connectivity index (χ3v) is 1.40. The van der Waals surface area contributed by atoms with Gasteiger partial charge in [0.25, 0.3) is 0 Å². The maximum Gasteiger partial charge on any atom is 0.213 e. The predicted octanol–water partition coefficient (Wildman–Crippen LogP) is 0.859. The molecule has 0 heterocycles. The van der Waals surface area contributed by atoms with Crippen molar-refractivity contribution in [2.75, 3.05) is 0 Å². The number of aliphatic imine (C=N–C) groups is 1. The molecular weight excluding hydrogens is 142 g/mol. The van der Waals surface area contributed by atoms with E-state index in [-0.39, 0.29) is 11.5 Å². The first kappa shape index (κ1) is 10.2. The van der Waals surface area contributed by atoms with Gasteiger partial charge in [0.15, 0.2) is 0 Å². The van der Waals surface area contributed by atoms with Crippen LogP contribution in [-0.2, 0) is 0 Å². The van der Waals surface area contributed by atoms with Gasteiger partial charge in [0.05, 0.1) is 5.54 Å². The Hall–Kier alpha value is -0.770. The third-order valence-electron chi connectivity index (χ3n) is 1.40. The van der Waals surface area contributed by atoms with Crippen molar-refractivity contribution in [3.05, 3.63) is 0 Å². The molecule has 0 fully saturated rings. The second kappa shape index (κ2) is 4.18. The van der Waals surface area contributed by atoms with E-state index in [0.717, 1.165) is 12.8 Å². The zero-order valence-corrected chi connectivity index (χ0v) is 7.39. The standard InChI is InChI=1S/C7H17N3O/c1-4-5-7(2,3)9-6(8)10-11/h11H,4-5H2,1-3H3,(H3,8,9,10). The summed E-state index contributed by atoms with van der Waals surface area (Å²) < 4.78 is 0. The van der Waals surface area contributed by atoms with E-state index in [0.29, 0.717) is 0 Å². The molecule has 0 atom stereocenters. The van der Waals surface area contributed by atoms with Gasteiger partial charge in [-0.05, 0) is 20.3 Å². The van der Waals surface area contributed by atoms with E-state index < -0.39 is 0 Å². The van der Waals surface area contributed by atoms with Crippen molar-refractivity contribution in [1.82, 2.24) is 5.48 Å². The molecule has 4 N–H and O–H groups in total. The molecule has 4 nitrogen and oxygen atoms in total. The van der Waals surface area contributed by atoms with Crippen molar-refractivity contribution in [2.45, 2.75) is 39.2 Å². The number of nitrogens with one attached hydrogen (secondary N) is 1. The van der Waals surface area contributed by atoms with Crippen LogP contribution in [0.15, 0.2) is 4.99 Å². The zero-order chi connectivity index (χ0) is 8.91. The fourth-order valence-corrected chi connectivity index (χ4v) is 1.02. The molecule has 0 aromatic rings. The van der Waals surface area contributed by atoms with E-state index in [1.165, 1.54) is 0 Å². The molecule has 0 amide bonds. The first-order valence-electron chi connectivity index (χ1n) is 3.77. The van der Waals surface area contributed by atoms with Gasteiger partial charge >= 0.3 is 0 Å². The summed E-state index contributed by atoms with van der Waals surface area (Å²) in [5.41, 5.74) is 6.90. The molecule has 0 aliphatic rings. The van der Waals surface area contributed by atoms with Gasteiger partial charge in [-0.15, -0.1) is 0 Å². The Balaban J connectivity index is 4.08. The Morgan fingerprint density at radius 1 is 1.64 bits per heavy atom. The maximum absolute atomic E-state index is 8.36. The van der Waals surface area contributed by atoms with Gasteiger partial charge < -0.3 is 5.73 Å². The lowest BCUT2D eigenvalue weighted by Crippen LogP contribution is -2.32. The lowest BCUT2D eigenvalue weighted by Gasteiger charge is -2.18. The van der Waals surface area contributed by atoms with Crippen LogP contribution in [0.4, 0.5) is 0 Å². The van der Waals surface area contributed by atoms with E-state index in [4.69, 9.17) is 10.9 Å². The van der Waals surface area contributed by atoms with E-state index in [2.05, 4.69) is 11.9 Å². The molecule has 0 aromatic heterocycles. The molecular formula is C7H17N3O. The van der Waals surface area contributed by atoms with Crippen molar-refractivity contribution < 1.29 is 5.21 Å². The summed E-state index contributed by atoms with van der Waals surface area (Å²) in [4.78, 5) is 4.05. The minimum Gasteiger partial charge on any atom is -0.368 e. The van der Waals surface area contributed by atoms with Gasteiger partial charge in [-0.25, -0.2) is 10.5 Å². The quantitative estimate of drug-likeness (QED) is 0.325. The molecule has 0 saturated carbocycles. The molecule has 0 unspecified atom stereocenters. The van der Waals surface area contributed by atoms with Crippen LogP contribution in [0.3, 0.4) is 0 Å². The molecule has 0 rings (SSSR count). The molecule has 4 heteroatoms. The summed E-state index contributed by atoms with van der Waals surface area (Å²) in [6.45, 7) is 6.03. The number of nitrogens with two attached hydrogens (primary N) is 1. The normalized spacial score (nSPS) is 13.3. The van der Waals surface area contributed by atoms with Crippen molar-refractivity contribution in [1.29, 1.82) is 0 Å². The molecule has 0 saturated heterocycles. The first-order chi connectivity index (χ1) is 5.02. The number of nitrogens with zero attached hydrogens (tertiary/aromatic N) is 1. The molecule has 0 aliphatic heterocycles. The Labute approximate surface area is 67.5 Å². The topological polar surface area (TPSA) is 70.6 Å². The highest BCUT2D eigenvalue weighted by molar-refractivity contribution is 5.76. The van der Waals surface area contributed by atoms with Crippen LogP contribution in [0.25, 0.3) is 0 Å². The number of guanidine groups is 1. The number of hydroxylamine groups is 1. The Kier molecular flexibility index (Phi) is 3.89. The average Bonchev–Trinajstić information content (AvgIpc) is 1.86. The van der Waals surface area contributed by atoms with Crippen LogP contribution < -0.4 is 11.2 Å². The largest absolute Gasteiger partial charge is 0.368 e. The fourth-order valence-electron chi connectivity index (χ4n) is 1.02. The summed E-state index contributed by atoms with van der Waals surface area (Å²) in [5, 5.41) is 8.36. The molecule has 0 radical (unpaired) electrons. The summed E-state index contributed by atoms with van der Waals surface area (Å²) in [6, 6.07) is 0. The molecule has 11 heavy (non-hydrogen) atoms. The van der Waals surface area contributed by atoms with Crippen LogP contribution in [0.1, 0.15) is 33.6 Å². The highest BCUT2D eigenvalue weighted by Crippen LogP contribution is 2.15. The third kappa shape index (κ3) is 4.61. The molecule has 66 valence electrons. The van der Waals surface area contributed by atoms with Crippen molar-refractivity contribution in [2.24, 2.45) is 10.7 Å². The Bertz CT molecular complexity index is 143. The molecule has 0 aliphatic carbocycles. The van der Waals surface area contributed by atoms with Crippen molar-refractivity contribution >= 4 is 5.96 Å². The minimum atomic E-state index is -0.186. The van der Waals surface area contributed by atoms with E-state index in [9.17, 15) is 0 Å². The summed E-state index contributed by atoms with van der Waals surface area (Å²) in [6.07, 6.45) is 2.00. The van der Waals surface area contributed by atoms with Crippen molar-refractivity contribution in [3.8, 4) is 0 Å².